The van der Waals surface area contributed by atoms with Crippen LogP contribution in [0.3, 0.4) is 0 Å². The van der Waals surface area contributed by atoms with Gasteiger partial charge in [0, 0.05) is 32.2 Å². The van der Waals surface area contributed by atoms with Crippen LogP contribution in [-0.2, 0) is 6.42 Å². The summed E-state index contributed by atoms with van der Waals surface area (Å²) in [5.74, 6) is 0. The van der Waals surface area contributed by atoms with Crippen molar-refractivity contribution < 1.29 is 9.90 Å². The van der Waals surface area contributed by atoms with E-state index < -0.39 is 6.10 Å². The Hall–Kier alpha value is -2.53. The van der Waals surface area contributed by atoms with Gasteiger partial charge in [0.15, 0.2) is 0 Å². The summed E-state index contributed by atoms with van der Waals surface area (Å²) in [6.07, 6.45) is 0.873. The molecular weight excluding hydrogens is 314 g/mol. The summed E-state index contributed by atoms with van der Waals surface area (Å²) >= 11 is 0. The molecule has 2 unspecified atom stereocenters. The highest BCUT2D eigenvalue weighted by Crippen LogP contribution is 2.30. The number of carbonyl (C=O) groups excluding carboxylic acids is 1. The molecule has 0 heterocycles. The number of aliphatic hydroxyl groups is 1. The van der Waals surface area contributed by atoms with E-state index in [1.54, 1.807) is 0 Å². The molecule has 2 aromatic carbocycles. The third kappa shape index (κ3) is 4.31. The normalized spacial score (nSPS) is 18.5. The van der Waals surface area contributed by atoms with E-state index in [9.17, 15) is 9.90 Å². The molecule has 0 aliphatic heterocycles. The molecule has 132 valence electrons. The maximum Gasteiger partial charge on any atom is 0.315 e. The number of nitrogens with zero attached hydrogens (tertiary/aromatic N) is 1. The van der Waals surface area contributed by atoms with Crippen LogP contribution in [0.25, 0.3) is 0 Å². The highest BCUT2D eigenvalue weighted by molar-refractivity contribution is 5.74. The highest BCUT2D eigenvalue weighted by Gasteiger charge is 2.31. The average Bonchev–Trinajstić information content (AvgIpc) is 2.95. The first-order valence-electron chi connectivity index (χ1n) is 8.71. The van der Waals surface area contributed by atoms with E-state index in [4.69, 9.17) is 0 Å². The molecule has 0 bridgehead atoms. The first-order valence-corrected chi connectivity index (χ1v) is 8.71. The second-order valence-corrected chi connectivity index (χ2v) is 6.46. The number of para-hydroxylation sites is 1. The van der Waals surface area contributed by atoms with Gasteiger partial charge in [-0.3, -0.25) is 0 Å². The second-order valence-electron chi connectivity index (χ2n) is 6.46. The third-order valence-corrected chi connectivity index (χ3v) is 4.64. The molecule has 2 atom stereocenters. The fourth-order valence-electron chi connectivity index (χ4n) is 3.27. The summed E-state index contributed by atoms with van der Waals surface area (Å²) in [6, 6.07) is 17.5. The molecule has 1 aliphatic rings. The smallest absolute Gasteiger partial charge is 0.315 e. The Morgan fingerprint density at radius 3 is 2.68 bits per heavy atom. The van der Waals surface area contributed by atoms with E-state index in [2.05, 4.69) is 27.7 Å². The summed E-state index contributed by atoms with van der Waals surface area (Å²) in [5.41, 5.74) is 3.27. The number of hydrogen-bond donors (Lipinski definition) is 3. The largest absolute Gasteiger partial charge is 0.390 e. The van der Waals surface area contributed by atoms with E-state index in [0.29, 0.717) is 13.0 Å². The molecule has 5 nitrogen and oxygen atoms in total. The molecule has 0 aromatic heterocycles. The highest BCUT2D eigenvalue weighted by atomic mass is 16.3. The molecule has 0 radical (unpaired) electrons. The van der Waals surface area contributed by atoms with Gasteiger partial charge in [0.05, 0.1) is 12.1 Å². The van der Waals surface area contributed by atoms with Gasteiger partial charge in [-0.05, 0) is 29.7 Å². The van der Waals surface area contributed by atoms with Crippen molar-refractivity contribution in [3.8, 4) is 0 Å². The molecular formula is C20H25N3O2. The van der Waals surface area contributed by atoms with E-state index >= 15 is 0 Å². The number of carbonyl (C=O) groups is 1. The Bertz CT molecular complexity index is 705. The summed E-state index contributed by atoms with van der Waals surface area (Å²) in [4.78, 5) is 14.3. The SMILES string of the molecule is CN(CCCNC(=O)NC1c2ccccc2CC1O)c1ccccc1. The van der Waals surface area contributed by atoms with Gasteiger partial charge in [0.1, 0.15) is 0 Å². The standard InChI is InChI=1S/C20H25N3O2/c1-23(16-9-3-2-4-10-16)13-7-12-21-20(25)22-19-17-11-6-5-8-15(17)14-18(19)24/h2-6,8-11,18-19,24H,7,12-14H2,1H3,(H2,21,22,25). The average molecular weight is 339 g/mol. The van der Waals surface area contributed by atoms with E-state index in [1.165, 1.54) is 0 Å². The fraction of sp³-hybridized carbons (Fsp3) is 0.350. The predicted molar refractivity (Wildman–Crippen MR) is 99.8 cm³/mol. The number of aliphatic hydroxyl groups excluding tert-OH is 1. The van der Waals surface area contributed by atoms with Crippen molar-refractivity contribution in [1.29, 1.82) is 0 Å². The van der Waals surface area contributed by atoms with Gasteiger partial charge < -0.3 is 20.6 Å². The zero-order chi connectivity index (χ0) is 17.6. The van der Waals surface area contributed by atoms with Crippen molar-refractivity contribution >= 4 is 11.7 Å². The van der Waals surface area contributed by atoms with Crippen LogP contribution < -0.4 is 15.5 Å². The van der Waals surface area contributed by atoms with Crippen molar-refractivity contribution in [3.05, 3.63) is 65.7 Å². The molecule has 25 heavy (non-hydrogen) atoms. The van der Waals surface area contributed by atoms with Gasteiger partial charge in [-0.25, -0.2) is 4.79 Å². The minimum atomic E-state index is -0.563. The lowest BCUT2D eigenvalue weighted by Crippen LogP contribution is -2.41. The number of anilines is 1. The van der Waals surface area contributed by atoms with Gasteiger partial charge >= 0.3 is 6.03 Å². The molecule has 2 aromatic rings. The topological polar surface area (TPSA) is 64.6 Å². The number of hydrogen-bond acceptors (Lipinski definition) is 3. The van der Waals surface area contributed by atoms with Crippen molar-refractivity contribution in [2.75, 3.05) is 25.0 Å². The van der Waals surface area contributed by atoms with Gasteiger partial charge in [-0.1, -0.05) is 42.5 Å². The quantitative estimate of drug-likeness (QED) is 0.709. The maximum absolute atomic E-state index is 12.1. The monoisotopic (exact) mass is 339 g/mol. The van der Waals surface area contributed by atoms with Gasteiger partial charge in [0.25, 0.3) is 0 Å². The Labute approximate surface area is 148 Å². The molecule has 3 rings (SSSR count). The molecule has 2 amide bonds. The summed E-state index contributed by atoms with van der Waals surface area (Å²) in [5, 5.41) is 16.0. The van der Waals surface area contributed by atoms with E-state index in [-0.39, 0.29) is 12.1 Å². The maximum atomic E-state index is 12.1. The van der Waals surface area contributed by atoms with Gasteiger partial charge in [-0.15, -0.1) is 0 Å². The van der Waals surface area contributed by atoms with Crippen LogP contribution in [0.5, 0.6) is 0 Å². The lowest BCUT2D eigenvalue weighted by atomic mass is 10.1. The number of benzene rings is 2. The van der Waals surface area contributed by atoms with E-state index in [0.717, 1.165) is 29.8 Å². The lowest BCUT2D eigenvalue weighted by molar-refractivity contribution is 0.142. The summed E-state index contributed by atoms with van der Waals surface area (Å²) < 4.78 is 0. The summed E-state index contributed by atoms with van der Waals surface area (Å²) in [7, 11) is 2.04. The molecule has 5 heteroatoms. The van der Waals surface area contributed by atoms with Crippen LogP contribution in [0.1, 0.15) is 23.6 Å². The van der Waals surface area contributed by atoms with Gasteiger partial charge in [-0.2, -0.15) is 0 Å². The Morgan fingerprint density at radius 2 is 1.88 bits per heavy atom. The Morgan fingerprint density at radius 1 is 1.16 bits per heavy atom. The number of urea groups is 1. The van der Waals surface area contributed by atoms with Crippen LogP contribution in [0.4, 0.5) is 10.5 Å². The second kappa shape index (κ2) is 8.03. The molecule has 0 fully saturated rings. The fourth-order valence-corrected chi connectivity index (χ4v) is 3.27. The Balaban J connectivity index is 1.42. The van der Waals surface area contributed by atoms with Crippen LogP contribution in [0.15, 0.2) is 54.6 Å². The number of fused-ring (bicyclic) bond motifs is 1. The van der Waals surface area contributed by atoms with Crippen molar-refractivity contribution in [2.24, 2.45) is 0 Å². The van der Waals surface area contributed by atoms with Crippen molar-refractivity contribution in [1.82, 2.24) is 10.6 Å². The molecule has 0 saturated heterocycles. The Kier molecular flexibility index (Phi) is 5.56. The van der Waals surface area contributed by atoms with Crippen molar-refractivity contribution in [2.45, 2.75) is 25.0 Å². The van der Waals surface area contributed by atoms with Crippen molar-refractivity contribution in [3.63, 3.8) is 0 Å². The third-order valence-electron chi connectivity index (χ3n) is 4.64. The minimum Gasteiger partial charge on any atom is -0.390 e. The molecule has 3 N–H and O–H groups in total. The first kappa shape index (κ1) is 17.3. The zero-order valence-electron chi connectivity index (χ0n) is 14.5. The van der Waals surface area contributed by atoms with E-state index in [1.807, 2.05) is 49.5 Å². The van der Waals surface area contributed by atoms with Crippen LogP contribution in [-0.4, -0.2) is 37.4 Å². The first-order chi connectivity index (χ1) is 12.1. The zero-order valence-corrected chi connectivity index (χ0v) is 14.5. The molecule has 0 spiro atoms. The number of rotatable bonds is 6. The minimum absolute atomic E-state index is 0.233. The lowest BCUT2D eigenvalue weighted by Gasteiger charge is -2.20. The number of nitrogens with one attached hydrogen (secondary N) is 2. The molecule has 0 saturated carbocycles. The summed E-state index contributed by atoms with van der Waals surface area (Å²) in [6.45, 7) is 1.45. The van der Waals surface area contributed by atoms with Gasteiger partial charge in [0.2, 0.25) is 0 Å². The van der Waals surface area contributed by atoms with Crippen LogP contribution >= 0.6 is 0 Å². The number of amides is 2. The van der Waals surface area contributed by atoms with Crippen LogP contribution in [0, 0.1) is 0 Å². The predicted octanol–water partition coefficient (Wildman–Crippen LogP) is 2.47. The van der Waals surface area contributed by atoms with Crippen LogP contribution in [0.2, 0.25) is 0 Å². The molecule has 1 aliphatic carbocycles.